The zero-order valence-electron chi connectivity index (χ0n) is 18.1. The van der Waals surface area contributed by atoms with Crippen LogP contribution in [0.1, 0.15) is 43.1 Å². The summed E-state index contributed by atoms with van der Waals surface area (Å²) in [5, 5.41) is 0. The highest BCUT2D eigenvalue weighted by Crippen LogP contribution is 2.34. The van der Waals surface area contributed by atoms with Gasteiger partial charge < -0.3 is 5.73 Å². The van der Waals surface area contributed by atoms with Crippen LogP contribution in [0.5, 0.6) is 0 Å². The molecule has 162 valence electrons. The van der Waals surface area contributed by atoms with Crippen LogP contribution in [0, 0.1) is 6.92 Å². The number of ketones is 2. The molecule has 0 bridgehead atoms. The summed E-state index contributed by atoms with van der Waals surface area (Å²) in [5.41, 5.74) is 9.23. The Hall–Kier alpha value is -4.38. The largest absolute Gasteiger partial charge is 0.369 e. The lowest BCUT2D eigenvalue weighted by molar-refractivity contribution is -0.117. The van der Waals surface area contributed by atoms with Crippen LogP contribution < -0.4 is 5.73 Å². The van der Waals surface area contributed by atoms with Gasteiger partial charge in [-0.15, -0.1) is 0 Å². The topological polar surface area (TPSA) is 90.1 Å². The van der Waals surface area contributed by atoms with Crippen LogP contribution in [-0.2, 0) is 11.2 Å². The molecule has 0 aliphatic carbocycles. The van der Waals surface area contributed by atoms with E-state index in [1.165, 1.54) is 6.20 Å². The standard InChI is InChI=1S/C28H22N2O3/c1-18-10-8-9-15-21(18)25-22(27(32)19-11-4-2-5-12-19)17-30-23(16-24(29)31)26(25)28(33)20-13-6-3-7-14-20/h2-15,17H,16H2,1H3,(H2,29,31). The van der Waals surface area contributed by atoms with Crippen molar-refractivity contribution in [3.8, 4) is 11.1 Å². The minimum absolute atomic E-state index is 0.216. The van der Waals surface area contributed by atoms with Gasteiger partial charge in [0.1, 0.15) is 0 Å². The molecule has 0 unspecified atom stereocenters. The van der Waals surface area contributed by atoms with Gasteiger partial charge in [0.05, 0.1) is 17.7 Å². The lowest BCUT2D eigenvalue weighted by atomic mass is 9.85. The van der Waals surface area contributed by atoms with E-state index in [2.05, 4.69) is 4.98 Å². The number of hydrogen-bond donors (Lipinski definition) is 1. The lowest BCUT2D eigenvalue weighted by Crippen LogP contribution is -2.20. The van der Waals surface area contributed by atoms with Crippen molar-refractivity contribution in [2.24, 2.45) is 5.73 Å². The molecule has 33 heavy (non-hydrogen) atoms. The fourth-order valence-corrected chi connectivity index (χ4v) is 3.88. The molecular formula is C28H22N2O3. The van der Waals surface area contributed by atoms with Crippen molar-refractivity contribution < 1.29 is 14.4 Å². The van der Waals surface area contributed by atoms with Gasteiger partial charge in [-0.3, -0.25) is 19.4 Å². The third-order valence-electron chi connectivity index (χ3n) is 5.46. The number of benzene rings is 3. The average molecular weight is 434 g/mol. The van der Waals surface area contributed by atoms with Gasteiger partial charge in [-0.25, -0.2) is 0 Å². The summed E-state index contributed by atoms with van der Waals surface area (Å²) >= 11 is 0. The van der Waals surface area contributed by atoms with Crippen molar-refractivity contribution in [2.75, 3.05) is 0 Å². The predicted octanol–water partition coefficient (Wildman–Crippen LogP) is 4.55. The first kappa shape index (κ1) is 21.8. The van der Waals surface area contributed by atoms with Gasteiger partial charge in [0.15, 0.2) is 11.6 Å². The first-order valence-corrected chi connectivity index (χ1v) is 10.5. The molecule has 3 aromatic carbocycles. The molecule has 5 heteroatoms. The number of nitrogens with two attached hydrogens (primary N) is 1. The lowest BCUT2D eigenvalue weighted by Gasteiger charge is -2.18. The summed E-state index contributed by atoms with van der Waals surface area (Å²) in [4.78, 5) is 43.5. The Morgan fingerprint density at radius 3 is 1.88 bits per heavy atom. The van der Waals surface area contributed by atoms with Crippen molar-refractivity contribution in [3.05, 3.63) is 125 Å². The van der Waals surface area contributed by atoms with Crippen LogP contribution in [-0.4, -0.2) is 22.5 Å². The molecule has 0 aliphatic rings. The maximum Gasteiger partial charge on any atom is 0.223 e. The van der Waals surface area contributed by atoms with Crippen molar-refractivity contribution in [3.63, 3.8) is 0 Å². The summed E-state index contributed by atoms with van der Waals surface area (Å²) in [5.74, 6) is -1.18. The summed E-state index contributed by atoms with van der Waals surface area (Å²) < 4.78 is 0. The average Bonchev–Trinajstić information content (AvgIpc) is 2.84. The van der Waals surface area contributed by atoms with Crippen LogP contribution >= 0.6 is 0 Å². The normalized spacial score (nSPS) is 10.6. The summed E-state index contributed by atoms with van der Waals surface area (Å²) in [7, 11) is 0. The Morgan fingerprint density at radius 1 is 0.758 bits per heavy atom. The predicted molar refractivity (Wildman–Crippen MR) is 127 cm³/mol. The molecule has 1 amide bonds. The minimum atomic E-state index is -0.609. The van der Waals surface area contributed by atoms with E-state index in [9.17, 15) is 14.4 Å². The van der Waals surface area contributed by atoms with E-state index in [1.54, 1.807) is 48.5 Å². The third-order valence-corrected chi connectivity index (χ3v) is 5.46. The van der Waals surface area contributed by atoms with Gasteiger partial charge in [0.2, 0.25) is 5.91 Å². The highest BCUT2D eigenvalue weighted by atomic mass is 16.1. The number of carbonyl (C=O) groups excluding carboxylic acids is 3. The minimum Gasteiger partial charge on any atom is -0.369 e. The molecule has 0 fully saturated rings. The van der Waals surface area contributed by atoms with Crippen molar-refractivity contribution in [1.29, 1.82) is 0 Å². The number of amides is 1. The van der Waals surface area contributed by atoms with Crippen molar-refractivity contribution >= 4 is 17.5 Å². The second kappa shape index (κ2) is 9.40. The van der Waals surface area contributed by atoms with E-state index in [4.69, 9.17) is 5.73 Å². The Bertz CT molecular complexity index is 1350. The Kier molecular flexibility index (Phi) is 6.22. The number of aryl methyl sites for hydroxylation is 1. The fourth-order valence-electron chi connectivity index (χ4n) is 3.88. The number of rotatable bonds is 7. The highest BCUT2D eigenvalue weighted by Gasteiger charge is 2.27. The molecule has 0 saturated carbocycles. The number of hydrogen-bond acceptors (Lipinski definition) is 4. The highest BCUT2D eigenvalue weighted by molar-refractivity contribution is 6.20. The van der Waals surface area contributed by atoms with Crippen LogP contribution in [0.2, 0.25) is 0 Å². The molecule has 4 rings (SSSR count). The second-order valence-corrected chi connectivity index (χ2v) is 7.72. The number of primary amides is 1. The first-order chi connectivity index (χ1) is 16.0. The monoisotopic (exact) mass is 434 g/mol. The van der Waals surface area contributed by atoms with E-state index in [-0.39, 0.29) is 29.2 Å². The van der Waals surface area contributed by atoms with Crippen molar-refractivity contribution in [1.82, 2.24) is 4.98 Å². The van der Waals surface area contributed by atoms with Gasteiger partial charge in [-0.05, 0) is 18.1 Å². The van der Waals surface area contributed by atoms with E-state index in [0.29, 0.717) is 22.3 Å². The zero-order valence-corrected chi connectivity index (χ0v) is 18.1. The zero-order chi connectivity index (χ0) is 23.4. The van der Waals surface area contributed by atoms with Gasteiger partial charge in [-0.2, -0.15) is 0 Å². The molecular weight excluding hydrogens is 412 g/mol. The van der Waals surface area contributed by atoms with Crippen molar-refractivity contribution in [2.45, 2.75) is 13.3 Å². The van der Waals surface area contributed by atoms with Crippen LogP contribution in [0.25, 0.3) is 11.1 Å². The number of aromatic nitrogens is 1. The smallest absolute Gasteiger partial charge is 0.223 e. The molecule has 4 aromatic rings. The second-order valence-electron chi connectivity index (χ2n) is 7.72. The molecule has 1 heterocycles. The molecule has 0 aliphatic heterocycles. The fraction of sp³-hybridized carbons (Fsp3) is 0.0714. The van der Waals surface area contributed by atoms with E-state index in [1.807, 2.05) is 43.3 Å². The van der Waals surface area contributed by atoms with Gasteiger partial charge >= 0.3 is 0 Å². The Balaban J connectivity index is 2.07. The summed E-state index contributed by atoms with van der Waals surface area (Å²) in [6, 6.07) is 25.1. The summed E-state index contributed by atoms with van der Waals surface area (Å²) in [6.45, 7) is 1.91. The number of pyridine rings is 1. The van der Waals surface area contributed by atoms with E-state index in [0.717, 1.165) is 11.1 Å². The van der Waals surface area contributed by atoms with Crippen LogP contribution in [0.4, 0.5) is 0 Å². The number of nitrogens with zero attached hydrogens (tertiary/aromatic N) is 1. The maximum absolute atomic E-state index is 13.8. The number of carbonyl (C=O) groups is 3. The van der Waals surface area contributed by atoms with Crippen LogP contribution in [0.3, 0.4) is 0 Å². The third kappa shape index (κ3) is 4.48. The molecule has 2 N–H and O–H groups in total. The van der Waals surface area contributed by atoms with Crippen LogP contribution in [0.15, 0.2) is 91.1 Å². The molecule has 0 spiro atoms. The maximum atomic E-state index is 13.8. The van der Waals surface area contributed by atoms with E-state index < -0.39 is 5.91 Å². The SMILES string of the molecule is Cc1ccccc1-c1c(C(=O)c2ccccc2)cnc(CC(N)=O)c1C(=O)c1ccccc1. The molecule has 5 nitrogen and oxygen atoms in total. The Morgan fingerprint density at radius 2 is 1.30 bits per heavy atom. The molecule has 1 aromatic heterocycles. The quantitative estimate of drug-likeness (QED) is 0.432. The Labute approximate surface area is 191 Å². The van der Waals surface area contributed by atoms with Gasteiger partial charge in [0.25, 0.3) is 0 Å². The first-order valence-electron chi connectivity index (χ1n) is 10.5. The van der Waals surface area contributed by atoms with Gasteiger partial charge in [-0.1, -0.05) is 84.9 Å². The van der Waals surface area contributed by atoms with Gasteiger partial charge in [0, 0.05) is 28.5 Å². The molecule has 0 atom stereocenters. The van der Waals surface area contributed by atoms with E-state index >= 15 is 0 Å². The molecule has 0 radical (unpaired) electrons. The summed E-state index contributed by atoms with van der Waals surface area (Å²) in [6.07, 6.45) is 1.23. The molecule has 0 saturated heterocycles.